The van der Waals surface area contributed by atoms with Crippen LogP contribution in [0, 0.1) is 13.8 Å². The second-order valence-corrected chi connectivity index (χ2v) is 8.57. The third-order valence-corrected chi connectivity index (χ3v) is 6.61. The van der Waals surface area contributed by atoms with Crippen molar-refractivity contribution in [3.63, 3.8) is 0 Å². The van der Waals surface area contributed by atoms with E-state index in [2.05, 4.69) is 44.7 Å². The van der Waals surface area contributed by atoms with Crippen LogP contribution in [0.15, 0.2) is 64.9 Å². The molecule has 0 aliphatic carbocycles. The van der Waals surface area contributed by atoms with Crippen LogP contribution >= 0.6 is 23.6 Å². The maximum atomic E-state index is 5.76. The summed E-state index contributed by atoms with van der Waals surface area (Å²) in [7, 11) is 0. The van der Waals surface area contributed by atoms with E-state index in [0.717, 1.165) is 28.0 Å². The summed E-state index contributed by atoms with van der Waals surface area (Å²) in [6, 6.07) is 12.0. The first-order chi connectivity index (χ1) is 14.6. The lowest BCUT2D eigenvalue weighted by Crippen LogP contribution is -2.29. The quantitative estimate of drug-likeness (QED) is 0.458. The average Bonchev–Trinajstić information content (AvgIpc) is 3.53. The zero-order valence-corrected chi connectivity index (χ0v) is 18.3. The van der Waals surface area contributed by atoms with Gasteiger partial charge in [0.25, 0.3) is 0 Å². The van der Waals surface area contributed by atoms with Crippen molar-refractivity contribution in [2.24, 2.45) is 0 Å². The van der Waals surface area contributed by atoms with Crippen LogP contribution in [-0.4, -0.2) is 24.5 Å². The molecule has 0 aromatic carbocycles. The fourth-order valence-corrected chi connectivity index (χ4v) is 5.25. The minimum atomic E-state index is -0.0566. The predicted molar refractivity (Wildman–Crippen MR) is 121 cm³/mol. The lowest BCUT2D eigenvalue weighted by molar-refractivity contribution is 0.286. The molecule has 1 saturated heterocycles. The summed E-state index contributed by atoms with van der Waals surface area (Å²) in [6.45, 7) is 4.85. The van der Waals surface area contributed by atoms with Crippen molar-refractivity contribution in [3.05, 3.63) is 88.8 Å². The standard InChI is InChI=1S/C22H21N5OS2/c1-14-12-17(15(2)27(14)22-24-9-11-30-22)20-19(18-7-3-4-8-23-18)25-21(29)26(20)13-16-6-5-10-28-16/h3-12,19-20H,13H2,1-2H3,(H,25,29)/t19-,20-/m0/s1. The van der Waals surface area contributed by atoms with Gasteiger partial charge in [-0.1, -0.05) is 6.07 Å². The van der Waals surface area contributed by atoms with Gasteiger partial charge in [-0.05, 0) is 62.0 Å². The Labute approximate surface area is 184 Å². The van der Waals surface area contributed by atoms with E-state index in [1.165, 1.54) is 5.56 Å². The molecule has 1 aliphatic rings. The Balaban J connectivity index is 1.62. The van der Waals surface area contributed by atoms with Gasteiger partial charge in [-0.2, -0.15) is 0 Å². The van der Waals surface area contributed by atoms with Crippen LogP contribution < -0.4 is 5.32 Å². The first kappa shape index (κ1) is 19.0. The Kier molecular flexibility index (Phi) is 4.88. The van der Waals surface area contributed by atoms with Gasteiger partial charge in [0.05, 0.1) is 30.6 Å². The van der Waals surface area contributed by atoms with Gasteiger partial charge in [-0.25, -0.2) is 4.98 Å². The number of pyridine rings is 1. The lowest BCUT2D eigenvalue weighted by atomic mass is 9.96. The van der Waals surface area contributed by atoms with Crippen molar-refractivity contribution < 1.29 is 4.42 Å². The van der Waals surface area contributed by atoms with Gasteiger partial charge in [-0.15, -0.1) is 11.3 Å². The van der Waals surface area contributed by atoms with Crippen molar-refractivity contribution >= 4 is 28.7 Å². The molecule has 0 unspecified atom stereocenters. The molecular weight excluding hydrogens is 414 g/mol. The van der Waals surface area contributed by atoms with Crippen LogP contribution in [0.2, 0.25) is 0 Å². The molecule has 0 amide bonds. The fourth-order valence-electron chi connectivity index (χ4n) is 4.19. The normalized spacial score (nSPS) is 18.7. The van der Waals surface area contributed by atoms with E-state index < -0.39 is 0 Å². The SMILES string of the molecule is Cc1cc([C@H]2[C@H](c3ccccn3)NC(=S)N2Cc2ccco2)c(C)n1-c1nccs1. The van der Waals surface area contributed by atoms with E-state index in [-0.39, 0.29) is 12.1 Å². The molecule has 6 nitrogen and oxygen atoms in total. The third kappa shape index (κ3) is 3.22. The molecular formula is C22H21N5OS2. The van der Waals surface area contributed by atoms with Gasteiger partial charge in [-0.3, -0.25) is 9.55 Å². The number of nitrogens with zero attached hydrogens (tertiary/aromatic N) is 4. The van der Waals surface area contributed by atoms with E-state index in [1.807, 2.05) is 48.1 Å². The third-order valence-electron chi connectivity index (χ3n) is 5.50. The molecule has 4 aromatic rings. The highest BCUT2D eigenvalue weighted by atomic mass is 32.1. The smallest absolute Gasteiger partial charge is 0.193 e. The minimum Gasteiger partial charge on any atom is -0.467 e. The molecule has 1 N–H and O–H groups in total. The van der Waals surface area contributed by atoms with E-state index in [4.69, 9.17) is 16.6 Å². The largest absolute Gasteiger partial charge is 0.467 e. The Morgan fingerprint density at radius 3 is 2.77 bits per heavy atom. The lowest BCUT2D eigenvalue weighted by Gasteiger charge is -2.27. The molecule has 5 heterocycles. The zero-order chi connectivity index (χ0) is 20.7. The van der Waals surface area contributed by atoms with Crippen LogP contribution in [-0.2, 0) is 6.54 Å². The second-order valence-electron chi connectivity index (χ2n) is 7.31. The Morgan fingerprint density at radius 1 is 1.17 bits per heavy atom. The van der Waals surface area contributed by atoms with E-state index in [0.29, 0.717) is 11.7 Å². The number of rotatable bonds is 5. The molecule has 1 fully saturated rings. The molecule has 30 heavy (non-hydrogen) atoms. The highest BCUT2D eigenvalue weighted by molar-refractivity contribution is 7.80. The first-order valence-corrected chi connectivity index (χ1v) is 11.0. The summed E-state index contributed by atoms with van der Waals surface area (Å²) in [5.74, 6) is 0.875. The van der Waals surface area contributed by atoms with E-state index in [1.54, 1.807) is 17.6 Å². The molecule has 8 heteroatoms. The van der Waals surface area contributed by atoms with Gasteiger partial charge in [0.2, 0.25) is 0 Å². The molecule has 1 aliphatic heterocycles. The van der Waals surface area contributed by atoms with Crippen molar-refractivity contribution in [1.82, 2.24) is 24.8 Å². The molecule has 2 atom stereocenters. The Bertz CT molecular complexity index is 1150. The van der Waals surface area contributed by atoms with Crippen molar-refractivity contribution in [3.8, 4) is 5.13 Å². The average molecular weight is 436 g/mol. The first-order valence-electron chi connectivity index (χ1n) is 9.72. The van der Waals surface area contributed by atoms with Crippen molar-refractivity contribution in [2.45, 2.75) is 32.5 Å². The summed E-state index contributed by atoms with van der Waals surface area (Å²) < 4.78 is 7.84. The van der Waals surface area contributed by atoms with Gasteiger partial charge in [0, 0.05) is 29.2 Å². The molecule has 5 rings (SSSR count). The molecule has 0 radical (unpaired) electrons. The minimum absolute atomic E-state index is 0.0163. The zero-order valence-electron chi connectivity index (χ0n) is 16.6. The maximum Gasteiger partial charge on any atom is 0.193 e. The fraction of sp³-hybridized carbons (Fsp3) is 0.227. The van der Waals surface area contributed by atoms with Gasteiger partial charge >= 0.3 is 0 Å². The summed E-state index contributed by atoms with van der Waals surface area (Å²) in [6.07, 6.45) is 5.36. The number of hydrogen-bond acceptors (Lipinski definition) is 5. The van der Waals surface area contributed by atoms with Crippen LogP contribution in [0.1, 0.15) is 40.5 Å². The predicted octanol–water partition coefficient (Wildman–Crippen LogP) is 4.71. The monoisotopic (exact) mass is 435 g/mol. The summed E-state index contributed by atoms with van der Waals surface area (Å²) in [5.41, 5.74) is 4.47. The second kappa shape index (κ2) is 7.70. The number of furan rings is 1. The number of hydrogen-bond donors (Lipinski definition) is 1. The van der Waals surface area contributed by atoms with Gasteiger partial charge in [0.1, 0.15) is 5.76 Å². The summed E-state index contributed by atoms with van der Waals surface area (Å²) in [4.78, 5) is 11.3. The van der Waals surface area contributed by atoms with Gasteiger partial charge in [0.15, 0.2) is 10.2 Å². The van der Waals surface area contributed by atoms with E-state index in [9.17, 15) is 0 Å². The summed E-state index contributed by atoms with van der Waals surface area (Å²) in [5, 5.41) is 7.17. The molecule has 152 valence electrons. The number of thiocarbonyl (C=S) groups is 1. The molecule has 0 saturated carbocycles. The number of nitrogens with one attached hydrogen (secondary N) is 1. The van der Waals surface area contributed by atoms with Crippen LogP contribution in [0.5, 0.6) is 0 Å². The molecule has 0 spiro atoms. The summed E-state index contributed by atoms with van der Waals surface area (Å²) >= 11 is 7.39. The maximum absolute atomic E-state index is 5.76. The van der Waals surface area contributed by atoms with E-state index >= 15 is 0 Å². The number of aryl methyl sites for hydroxylation is 1. The highest BCUT2D eigenvalue weighted by Crippen LogP contribution is 2.42. The number of aromatic nitrogens is 3. The van der Waals surface area contributed by atoms with Crippen molar-refractivity contribution in [2.75, 3.05) is 0 Å². The highest BCUT2D eigenvalue weighted by Gasteiger charge is 2.41. The Hall–Kier alpha value is -2.97. The van der Waals surface area contributed by atoms with Crippen LogP contribution in [0.3, 0.4) is 0 Å². The van der Waals surface area contributed by atoms with Crippen LogP contribution in [0.25, 0.3) is 5.13 Å². The van der Waals surface area contributed by atoms with Crippen molar-refractivity contribution in [1.29, 1.82) is 0 Å². The Morgan fingerprint density at radius 2 is 2.07 bits per heavy atom. The molecule has 4 aromatic heterocycles. The van der Waals surface area contributed by atoms with Crippen LogP contribution in [0.4, 0.5) is 0 Å². The topological polar surface area (TPSA) is 59.1 Å². The molecule has 0 bridgehead atoms. The van der Waals surface area contributed by atoms with Gasteiger partial charge < -0.3 is 14.6 Å². The number of thiazole rings is 1.